The van der Waals surface area contributed by atoms with E-state index >= 15 is 0 Å². The third kappa shape index (κ3) is 5.87. The molecule has 0 amide bonds. The number of nitrogens with two attached hydrogens (primary N) is 1. The van der Waals surface area contributed by atoms with Crippen molar-refractivity contribution in [2.24, 2.45) is 10.7 Å². The van der Waals surface area contributed by atoms with Crippen LogP contribution in [0.2, 0.25) is 0 Å². The maximum atomic E-state index is 12.0. The van der Waals surface area contributed by atoms with Crippen molar-refractivity contribution in [3.8, 4) is 0 Å². The predicted octanol–water partition coefficient (Wildman–Crippen LogP) is 2.98. The molecule has 1 atom stereocenters. The van der Waals surface area contributed by atoms with Crippen LogP contribution in [-0.2, 0) is 16.6 Å². The van der Waals surface area contributed by atoms with Gasteiger partial charge in [0.1, 0.15) is 0 Å². The first-order valence-electron chi connectivity index (χ1n) is 7.57. The van der Waals surface area contributed by atoms with Crippen molar-refractivity contribution in [2.45, 2.75) is 19.6 Å². The maximum Gasteiger partial charge on any atom is 0.193 e. The molecule has 3 N–H and O–H groups in total. The zero-order chi connectivity index (χ0) is 16.7. The first-order chi connectivity index (χ1) is 11.0. The number of nitrogens with zero attached hydrogens (tertiary/aromatic N) is 1. The lowest BCUT2D eigenvalue weighted by Crippen LogP contribution is -2.23. The quantitative estimate of drug-likeness (QED) is 0.632. The average Bonchev–Trinajstić information content (AvgIpc) is 2.52. The highest BCUT2D eigenvalue weighted by atomic mass is 32.2. The fourth-order valence-corrected chi connectivity index (χ4v) is 3.11. The molecule has 0 radical (unpaired) electrons. The lowest BCUT2D eigenvalue weighted by atomic mass is 10.1. The van der Waals surface area contributed by atoms with E-state index in [1.807, 2.05) is 48.5 Å². The minimum Gasteiger partial charge on any atom is -0.370 e. The van der Waals surface area contributed by atoms with Crippen LogP contribution >= 0.6 is 0 Å². The Bertz CT molecular complexity index is 699. The Morgan fingerprint density at radius 3 is 2.57 bits per heavy atom. The van der Waals surface area contributed by atoms with Crippen LogP contribution < -0.4 is 11.1 Å². The molecular formula is C18H23N3OS. The van der Waals surface area contributed by atoms with Gasteiger partial charge in [-0.2, -0.15) is 0 Å². The molecule has 0 aliphatic heterocycles. The second kappa shape index (κ2) is 8.48. The Morgan fingerprint density at radius 1 is 1.13 bits per heavy atom. The second-order valence-corrected chi connectivity index (χ2v) is 7.04. The number of aliphatic imine (C=N–C) groups is 1. The summed E-state index contributed by atoms with van der Waals surface area (Å²) in [4.78, 5) is 4.24. The fourth-order valence-electron chi connectivity index (χ4n) is 2.11. The molecule has 5 heteroatoms. The topological polar surface area (TPSA) is 67.5 Å². The number of guanidine groups is 1. The van der Waals surface area contributed by atoms with Crippen LogP contribution in [0, 0.1) is 13.8 Å². The zero-order valence-electron chi connectivity index (χ0n) is 13.6. The van der Waals surface area contributed by atoms with E-state index in [9.17, 15) is 4.21 Å². The summed E-state index contributed by atoms with van der Waals surface area (Å²) >= 11 is 0. The fraction of sp³-hybridized carbons (Fsp3) is 0.278. The van der Waals surface area contributed by atoms with Crippen molar-refractivity contribution in [3.05, 3.63) is 65.2 Å². The molecule has 0 aliphatic rings. The molecule has 23 heavy (non-hydrogen) atoms. The van der Waals surface area contributed by atoms with E-state index in [4.69, 9.17) is 5.73 Å². The van der Waals surface area contributed by atoms with Crippen LogP contribution in [0.5, 0.6) is 0 Å². The van der Waals surface area contributed by atoms with Gasteiger partial charge in [0.25, 0.3) is 0 Å². The Morgan fingerprint density at radius 2 is 1.87 bits per heavy atom. The van der Waals surface area contributed by atoms with E-state index < -0.39 is 10.8 Å². The van der Waals surface area contributed by atoms with Gasteiger partial charge < -0.3 is 11.1 Å². The van der Waals surface area contributed by atoms with Crippen LogP contribution in [0.3, 0.4) is 0 Å². The summed E-state index contributed by atoms with van der Waals surface area (Å²) in [6, 6.07) is 15.9. The monoisotopic (exact) mass is 329 g/mol. The molecular weight excluding hydrogens is 306 g/mol. The molecule has 0 aliphatic carbocycles. The summed E-state index contributed by atoms with van der Waals surface area (Å²) < 4.78 is 12.0. The molecule has 4 nitrogen and oxygen atoms in total. The van der Waals surface area contributed by atoms with E-state index in [1.54, 1.807) is 0 Å². The van der Waals surface area contributed by atoms with Crippen molar-refractivity contribution >= 4 is 22.4 Å². The molecule has 2 aromatic rings. The lowest BCUT2D eigenvalue weighted by Gasteiger charge is -2.08. The molecule has 1 unspecified atom stereocenters. The van der Waals surface area contributed by atoms with Gasteiger partial charge in [-0.1, -0.05) is 36.4 Å². The first kappa shape index (κ1) is 17.2. The van der Waals surface area contributed by atoms with Gasteiger partial charge in [-0.05, 0) is 42.7 Å². The van der Waals surface area contributed by atoms with Gasteiger partial charge >= 0.3 is 0 Å². The van der Waals surface area contributed by atoms with Crippen LogP contribution in [-0.4, -0.2) is 22.5 Å². The summed E-state index contributed by atoms with van der Waals surface area (Å²) in [6.07, 6.45) is 0. The molecule has 2 rings (SSSR count). The van der Waals surface area contributed by atoms with E-state index in [-0.39, 0.29) is 0 Å². The largest absolute Gasteiger partial charge is 0.370 e. The van der Waals surface area contributed by atoms with Crippen LogP contribution in [0.25, 0.3) is 0 Å². The number of hydrogen-bond acceptors (Lipinski definition) is 2. The van der Waals surface area contributed by atoms with Gasteiger partial charge in [0, 0.05) is 28.0 Å². The van der Waals surface area contributed by atoms with Gasteiger partial charge in [0.05, 0.1) is 6.54 Å². The summed E-state index contributed by atoms with van der Waals surface area (Å²) in [6.45, 7) is 4.57. The number of nitrogens with one attached hydrogen (secondary N) is 1. The van der Waals surface area contributed by atoms with E-state index in [0.29, 0.717) is 24.0 Å². The second-order valence-electron chi connectivity index (χ2n) is 5.46. The van der Waals surface area contributed by atoms with Gasteiger partial charge in [-0.25, -0.2) is 0 Å². The van der Waals surface area contributed by atoms with Crippen molar-refractivity contribution in [2.75, 3.05) is 17.6 Å². The summed E-state index contributed by atoms with van der Waals surface area (Å²) in [5.41, 5.74) is 10.3. The number of hydrogen-bond donors (Lipinski definition) is 2. The van der Waals surface area contributed by atoms with Crippen molar-refractivity contribution in [1.29, 1.82) is 0 Å². The minimum atomic E-state index is -0.931. The summed E-state index contributed by atoms with van der Waals surface area (Å²) in [5.74, 6) is 1.41. The van der Waals surface area contributed by atoms with Gasteiger partial charge in [0.15, 0.2) is 5.96 Å². The van der Waals surface area contributed by atoms with E-state index in [0.717, 1.165) is 11.3 Å². The van der Waals surface area contributed by atoms with Gasteiger partial charge in [-0.3, -0.25) is 9.20 Å². The molecule has 0 heterocycles. The average molecular weight is 329 g/mol. The Hall–Kier alpha value is -2.14. The number of anilines is 1. The lowest BCUT2D eigenvalue weighted by molar-refractivity contribution is 0.682. The van der Waals surface area contributed by atoms with Crippen molar-refractivity contribution in [1.82, 2.24) is 0 Å². The normalized spacial score (nSPS) is 12.9. The summed E-state index contributed by atoms with van der Waals surface area (Å²) in [5, 5.41) is 3.06. The molecule has 0 saturated heterocycles. The van der Waals surface area contributed by atoms with E-state index in [1.165, 1.54) is 11.1 Å². The standard InChI is InChI=1S/C18H23N3OS/c1-14-8-9-17(12-15(14)2)21-18(19)20-10-11-23(22)13-16-6-4-3-5-7-16/h3-9,12H,10-11,13H2,1-2H3,(H3,19,20,21). The van der Waals surface area contributed by atoms with Crippen molar-refractivity contribution < 1.29 is 4.21 Å². The zero-order valence-corrected chi connectivity index (χ0v) is 14.4. The Balaban J connectivity index is 1.80. The molecule has 122 valence electrons. The number of benzene rings is 2. The Labute approximate surface area is 140 Å². The highest BCUT2D eigenvalue weighted by molar-refractivity contribution is 7.84. The number of aryl methyl sites for hydroxylation is 2. The SMILES string of the molecule is Cc1ccc(NC(N)=NCCS(=O)Cc2ccccc2)cc1C. The molecule has 0 saturated carbocycles. The third-order valence-electron chi connectivity index (χ3n) is 3.55. The Kier molecular flexibility index (Phi) is 6.35. The molecule has 0 fully saturated rings. The smallest absolute Gasteiger partial charge is 0.193 e. The molecule has 2 aromatic carbocycles. The van der Waals surface area contributed by atoms with Gasteiger partial charge in [-0.15, -0.1) is 0 Å². The maximum absolute atomic E-state index is 12.0. The summed E-state index contributed by atoms with van der Waals surface area (Å²) in [7, 11) is -0.931. The van der Waals surface area contributed by atoms with Crippen LogP contribution in [0.1, 0.15) is 16.7 Å². The minimum absolute atomic E-state index is 0.352. The molecule has 0 bridgehead atoms. The highest BCUT2D eigenvalue weighted by Gasteiger charge is 2.02. The predicted molar refractivity (Wildman–Crippen MR) is 99.2 cm³/mol. The van der Waals surface area contributed by atoms with E-state index in [2.05, 4.69) is 24.2 Å². The number of rotatable bonds is 6. The van der Waals surface area contributed by atoms with Crippen molar-refractivity contribution in [3.63, 3.8) is 0 Å². The first-order valence-corrected chi connectivity index (χ1v) is 9.06. The third-order valence-corrected chi connectivity index (χ3v) is 4.84. The molecule has 0 spiro atoms. The van der Waals surface area contributed by atoms with Crippen LogP contribution in [0.15, 0.2) is 53.5 Å². The molecule has 0 aromatic heterocycles. The van der Waals surface area contributed by atoms with Gasteiger partial charge in [0.2, 0.25) is 0 Å². The van der Waals surface area contributed by atoms with Crippen LogP contribution in [0.4, 0.5) is 5.69 Å². The highest BCUT2D eigenvalue weighted by Crippen LogP contribution is 2.13.